The van der Waals surface area contributed by atoms with E-state index < -0.39 is 0 Å². The number of benzene rings is 1. The van der Waals surface area contributed by atoms with Gasteiger partial charge in [0.1, 0.15) is 0 Å². The van der Waals surface area contributed by atoms with Gasteiger partial charge < -0.3 is 10.6 Å². The van der Waals surface area contributed by atoms with Crippen LogP contribution in [0.4, 0.5) is 5.69 Å². The standard InChI is InChI=1S/C19H30N2O/c1-4-15-10-8-11-16(5-2)19(15)21-18(22)13-20-17-12-7-6-9-14(17)3/h8,10-11,14,17,20H,4-7,9,12-13H2,1-3H3,(H,21,22)/t14-,17-/m1/s1. The molecule has 0 radical (unpaired) electrons. The number of carbonyl (C=O) groups excluding carboxylic acids is 1. The molecule has 0 spiro atoms. The van der Waals surface area contributed by atoms with Gasteiger partial charge in [-0.25, -0.2) is 0 Å². The number of hydrogen-bond acceptors (Lipinski definition) is 2. The molecule has 0 bridgehead atoms. The number of carbonyl (C=O) groups is 1. The van der Waals surface area contributed by atoms with Crippen molar-refractivity contribution in [1.82, 2.24) is 5.32 Å². The minimum Gasteiger partial charge on any atom is -0.324 e. The Morgan fingerprint density at radius 3 is 2.36 bits per heavy atom. The number of rotatable bonds is 6. The number of aryl methyl sites for hydroxylation is 2. The molecule has 1 aromatic carbocycles. The Hall–Kier alpha value is -1.35. The monoisotopic (exact) mass is 302 g/mol. The van der Waals surface area contributed by atoms with Crippen LogP contribution in [0.5, 0.6) is 0 Å². The fraction of sp³-hybridized carbons (Fsp3) is 0.632. The van der Waals surface area contributed by atoms with Crippen molar-refractivity contribution in [3.63, 3.8) is 0 Å². The largest absolute Gasteiger partial charge is 0.324 e. The molecule has 2 N–H and O–H groups in total. The van der Waals surface area contributed by atoms with Crippen molar-refractivity contribution in [2.45, 2.75) is 65.3 Å². The topological polar surface area (TPSA) is 41.1 Å². The van der Waals surface area contributed by atoms with Crippen LogP contribution in [0.15, 0.2) is 18.2 Å². The minimum atomic E-state index is 0.0772. The molecule has 122 valence electrons. The maximum absolute atomic E-state index is 12.3. The van der Waals surface area contributed by atoms with Crippen molar-refractivity contribution in [1.29, 1.82) is 0 Å². The fourth-order valence-electron chi connectivity index (χ4n) is 3.43. The van der Waals surface area contributed by atoms with Crippen molar-refractivity contribution >= 4 is 11.6 Å². The molecule has 22 heavy (non-hydrogen) atoms. The predicted molar refractivity (Wildman–Crippen MR) is 93.3 cm³/mol. The molecule has 1 aliphatic carbocycles. The van der Waals surface area contributed by atoms with Gasteiger partial charge >= 0.3 is 0 Å². The van der Waals surface area contributed by atoms with Crippen LogP contribution >= 0.6 is 0 Å². The second-order valence-corrected chi connectivity index (χ2v) is 6.46. The molecule has 0 saturated heterocycles. The predicted octanol–water partition coefficient (Wildman–Crippen LogP) is 3.92. The Kier molecular flexibility index (Phi) is 6.44. The molecule has 1 aliphatic rings. The summed E-state index contributed by atoms with van der Waals surface area (Å²) in [6, 6.07) is 6.78. The summed E-state index contributed by atoms with van der Waals surface area (Å²) in [5, 5.41) is 6.59. The first-order valence-electron chi connectivity index (χ1n) is 8.79. The molecule has 3 heteroatoms. The lowest BCUT2D eigenvalue weighted by Crippen LogP contribution is -2.41. The van der Waals surface area contributed by atoms with Gasteiger partial charge in [0.25, 0.3) is 0 Å². The molecule has 1 aromatic rings. The molecule has 0 unspecified atom stereocenters. The van der Waals surface area contributed by atoms with Crippen LogP contribution in [0.2, 0.25) is 0 Å². The number of anilines is 1. The van der Waals surface area contributed by atoms with Gasteiger partial charge in [0.15, 0.2) is 0 Å². The summed E-state index contributed by atoms with van der Waals surface area (Å²) < 4.78 is 0. The van der Waals surface area contributed by atoms with Crippen molar-refractivity contribution in [2.75, 3.05) is 11.9 Å². The third kappa shape index (κ3) is 4.33. The lowest BCUT2D eigenvalue weighted by Gasteiger charge is -2.29. The smallest absolute Gasteiger partial charge is 0.238 e. The van der Waals surface area contributed by atoms with Crippen LogP contribution in [0, 0.1) is 5.92 Å². The second-order valence-electron chi connectivity index (χ2n) is 6.46. The summed E-state index contributed by atoms with van der Waals surface area (Å²) in [6.07, 6.45) is 6.96. The SMILES string of the molecule is CCc1cccc(CC)c1NC(=O)CN[C@@H]1CCCC[C@H]1C. The van der Waals surface area contributed by atoms with Gasteiger partial charge in [-0.1, -0.05) is 51.8 Å². The highest BCUT2D eigenvalue weighted by atomic mass is 16.1. The molecule has 0 aromatic heterocycles. The zero-order chi connectivity index (χ0) is 15.9. The zero-order valence-electron chi connectivity index (χ0n) is 14.2. The van der Waals surface area contributed by atoms with E-state index in [1.807, 2.05) is 0 Å². The Bertz CT molecular complexity index is 476. The normalized spacial score (nSPS) is 21.6. The molecule has 1 fully saturated rings. The fourth-order valence-corrected chi connectivity index (χ4v) is 3.43. The van der Waals surface area contributed by atoms with Gasteiger partial charge in [0, 0.05) is 11.7 Å². The van der Waals surface area contributed by atoms with E-state index in [0.29, 0.717) is 18.5 Å². The third-order valence-electron chi connectivity index (χ3n) is 4.90. The quantitative estimate of drug-likeness (QED) is 0.836. The van der Waals surface area contributed by atoms with Crippen molar-refractivity contribution in [2.24, 2.45) is 5.92 Å². The Morgan fingerprint density at radius 1 is 1.14 bits per heavy atom. The number of para-hydroxylation sites is 1. The van der Waals surface area contributed by atoms with E-state index in [9.17, 15) is 4.79 Å². The van der Waals surface area contributed by atoms with Crippen LogP contribution in [0.25, 0.3) is 0 Å². The van der Waals surface area contributed by atoms with E-state index >= 15 is 0 Å². The number of nitrogens with one attached hydrogen (secondary N) is 2. The van der Waals surface area contributed by atoms with E-state index in [2.05, 4.69) is 49.6 Å². The van der Waals surface area contributed by atoms with Crippen LogP contribution in [-0.4, -0.2) is 18.5 Å². The average molecular weight is 302 g/mol. The van der Waals surface area contributed by atoms with Gasteiger partial charge in [0.2, 0.25) is 5.91 Å². The van der Waals surface area contributed by atoms with Gasteiger partial charge in [-0.3, -0.25) is 4.79 Å². The molecule has 3 nitrogen and oxygen atoms in total. The molecule has 0 heterocycles. The highest BCUT2D eigenvalue weighted by molar-refractivity contribution is 5.93. The Balaban J connectivity index is 1.94. The first-order valence-corrected chi connectivity index (χ1v) is 8.79. The molecule has 1 amide bonds. The van der Waals surface area contributed by atoms with E-state index in [-0.39, 0.29) is 5.91 Å². The number of hydrogen-bond donors (Lipinski definition) is 2. The van der Waals surface area contributed by atoms with Crippen LogP contribution < -0.4 is 10.6 Å². The van der Waals surface area contributed by atoms with Crippen LogP contribution in [0.1, 0.15) is 57.6 Å². The van der Waals surface area contributed by atoms with Gasteiger partial charge in [-0.2, -0.15) is 0 Å². The van der Waals surface area contributed by atoms with Crippen LogP contribution in [0.3, 0.4) is 0 Å². The molecule has 0 aliphatic heterocycles. The summed E-state index contributed by atoms with van der Waals surface area (Å²) in [5.74, 6) is 0.754. The summed E-state index contributed by atoms with van der Waals surface area (Å²) in [4.78, 5) is 12.3. The van der Waals surface area contributed by atoms with E-state index in [4.69, 9.17) is 0 Å². The zero-order valence-corrected chi connectivity index (χ0v) is 14.2. The maximum Gasteiger partial charge on any atom is 0.238 e. The molecule has 2 rings (SSSR count). The van der Waals surface area contributed by atoms with Crippen molar-refractivity contribution in [3.8, 4) is 0 Å². The molecular weight excluding hydrogens is 272 g/mol. The third-order valence-corrected chi connectivity index (χ3v) is 4.90. The summed E-state index contributed by atoms with van der Waals surface area (Å²) in [5.41, 5.74) is 3.47. The highest BCUT2D eigenvalue weighted by Gasteiger charge is 2.21. The van der Waals surface area contributed by atoms with Gasteiger partial charge in [0.05, 0.1) is 6.54 Å². The summed E-state index contributed by atoms with van der Waals surface area (Å²) in [6.45, 7) is 6.96. The van der Waals surface area contributed by atoms with Gasteiger partial charge in [-0.05, 0) is 42.7 Å². The van der Waals surface area contributed by atoms with E-state index in [0.717, 1.165) is 18.5 Å². The number of amides is 1. The second kappa shape index (κ2) is 8.33. The van der Waals surface area contributed by atoms with E-state index in [1.165, 1.54) is 36.8 Å². The van der Waals surface area contributed by atoms with Gasteiger partial charge in [-0.15, -0.1) is 0 Å². The van der Waals surface area contributed by atoms with Crippen LogP contribution in [-0.2, 0) is 17.6 Å². The summed E-state index contributed by atoms with van der Waals surface area (Å²) in [7, 11) is 0. The minimum absolute atomic E-state index is 0.0772. The van der Waals surface area contributed by atoms with Crippen molar-refractivity contribution in [3.05, 3.63) is 29.3 Å². The first-order chi connectivity index (χ1) is 10.7. The average Bonchev–Trinajstić information content (AvgIpc) is 2.54. The summed E-state index contributed by atoms with van der Waals surface area (Å²) >= 11 is 0. The highest BCUT2D eigenvalue weighted by Crippen LogP contribution is 2.24. The lowest BCUT2D eigenvalue weighted by atomic mass is 9.86. The Morgan fingerprint density at radius 2 is 1.77 bits per heavy atom. The first kappa shape index (κ1) is 17.0. The molecular formula is C19H30N2O. The lowest BCUT2D eigenvalue weighted by molar-refractivity contribution is -0.115. The van der Waals surface area contributed by atoms with Crippen molar-refractivity contribution < 1.29 is 4.79 Å². The Labute approximate surface area is 134 Å². The molecule has 2 atom stereocenters. The maximum atomic E-state index is 12.3. The van der Waals surface area contributed by atoms with E-state index in [1.54, 1.807) is 0 Å². The molecule has 1 saturated carbocycles.